The third kappa shape index (κ3) is 2.88. The lowest BCUT2D eigenvalue weighted by atomic mass is 10.00. The molecule has 0 bridgehead atoms. The minimum Gasteiger partial charge on any atom is -0.264 e. The molecule has 3 rings (SSSR count). The summed E-state index contributed by atoms with van der Waals surface area (Å²) in [4.78, 5) is 4.14. The van der Waals surface area contributed by atoms with Crippen LogP contribution in [0.4, 0.5) is 0 Å². The van der Waals surface area contributed by atoms with Crippen LogP contribution in [0.1, 0.15) is 17.5 Å². The predicted octanol–water partition coefficient (Wildman–Crippen LogP) is 2.44. The van der Waals surface area contributed by atoms with Gasteiger partial charge >= 0.3 is 0 Å². The van der Waals surface area contributed by atoms with E-state index in [4.69, 9.17) is 0 Å². The van der Waals surface area contributed by atoms with Crippen molar-refractivity contribution in [2.24, 2.45) is 0 Å². The van der Waals surface area contributed by atoms with Crippen molar-refractivity contribution in [3.8, 4) is 11.4 Å². The van der Waals surface area contributed by atoms with Crippen molar-refractivity contribution in [2.45, 2.75) is 19.3 Å². The summed E-state index contributed by atoms with van der Waals surface area (Å²) in [5.41, 5.74) is 3.56. The van der Waals surface area contributed by atoms with Crippen molar-refractivity contribution in [3.63, 3.8) is 0 Å². The molecule has 0 fully saturated rings. The quantitative estimate of drug-likeness (QED) is 0.769. The van der Waals surface area contributed by atoms with Crippen molar-refractivity contribution >= 4 is 0 Å². The topological polar surface area (TPSA) is 67.3 Å². The van der Waals surface area contributed by atoms with Crippen molar-refractivity contribution in [1.29, 1.82) is 0 Å². The Balaban J connectivity index is 1.69. The first kappa shape index (κ1) is 12.5. The molecule has 2 heterocycles. The molecule has 2 aromatic heterocycles. The Hall–Kier alpha value is -2.56. The van der Waals surface area contributed by atoms with Crippen molar-refractivity contribution in [3.05, 3.63) is 59.9 Å². The van der Waals surface area contributed by atoms with Gasteiger partial charge in [-0.3, -0.25) is 4.98 Å². The number of nitrogens with one attached hydrogen (secondary N) is 1. The SMILES string of the molecule is c1cncc(CCCc2ccccc2-c2nn[nH]n2)c1. The molecule has 0 aliphatic heterocycles. The zero-order chi connectivity index (χ0) is 13.6. The molecule has 0 unspecified atom stereocenters. The second kappa shape index (κ2) is 6.06. The fourth-order valence-corrected chi connectivity index (χ4v) is 2.26. The normalized spacial score (nSPS) is 10.6. The average molecular weight is 265 g/mol. The molecule has 0 spiro atoms. The summed E-state index contributed by atoms with van der Waals surface area (Å²) in [6.07, 6.45) is 6.80. The van der Waals surface area contributed by atoms with Crippen LogP contribution in [0, 0.1) is 0 Å². The van der Waals surface area contributed by atoms with E-state index in [2.05, 4.69) is 37.7 Å². The van der Waals surface area contributed by atoms with E-state index < -0.39 is 0 Å². The summed E-state index contributed by atoms with van der Waals surface area (Å²) in [6, 6.07) is 12.3. The van der Waals surface area contributed by atoms with Crippen LogP contribution in [0.5, 0.6) is 0 Å². The Morgan fingerprint density at radius 3 is 2.75 bits per heavy atom. The van der Waals surface area contributed by atoms with E-state index in [1.54, 1.807) is 6.20 Å². The highest BCUT2D eigenvalue weighted by atomic mass is 15.5. The molecule has 5 heteroatoms. The van der Waals surface area contributed by atoms with Crippen LogP contribution in [0.25, 0.3) is 11.4 Å². The monoisotopic (exact) mass is 265 g/mol. The second-order valence-electron chi connectivity index (χ2n) is 4.61. The van der Waals surface area contributed by atoms with Crippen molar-refractivity contribution in [1.82, 2.24) is 25.6 Å². The number of rotatable bonds is 5. The highest BCUT2D eigenvalue weighted by molar-refractivity contribution is 5.59. The molecule has 0 aliphatic rings. The number of nitrogens with zero attached hydrogens (tertiary/aromatic N) is 4. The maximum Gasteiger partial charge on any atom is 0.204 e. The van der Waals surface area contributed by atoms with Gasteiger partial charge in [-0.15, -0.1) is 10.2 Å². The third-order valence-corrected chi connectivity index (χ3v) is 3.24. The zero-order valence-corrected chi connectivity index (χ0v) is 11.0. The maximum absolute atomic E-state index is 4.14. The standard InChI is InChI=1S/C15H15N5/c1-2-9-14(15-17-19-20-18-15)13(7-1)8-3-5-12-6-4-10-16-11-12/h1-2,4,6-7,9-11H,3,5,8H2,(H,17,18,19,20). The van der Waals surface area contributed by atoms with E-state index in [0.29, 0.717) is 5.82 Å². The number of H-pyrrole nitrogens is 1. The third-order valence-electron chi connectivity index (χ3n) is 3.24. The molecule has 3 aromatic rings. The zero-order valence-electron chi connectivity index (χ0n) is 11.0. The van der Waals surface area contributed by atoms with Gasteiger partial charge in [-0.2, -0.15) is 5.21 Å². The van der Waals surface area contributed by atoms with Gasteiger partial charge in [-0.05, 0) is 41.7 Å². The fourth-order valence-electron chi connectivity index (χ4n) is 2.26. The average Bonchev–Trinajstić information content (AvgIpc) is 3.03. The number of benzene rings is 1. The number of aromatic amines is 1. The Morgan fingerprint density at radius 2 is 1.95 bits per heavy atom. The Labute approximate surface area is 117 Å². The van der Waals surface area contributed by atoms with Gasteiger partial charge in [0.15, 0.2) is 0 Å². The van der Waals surface area contributed by atoms with Gasteiger partial charge in [-0.1, -0.05) is 30.3 Å². The van der Waals surface area contributed by atoms with Crippen LogP contribution in [0.2, 0.25) is 0 Å². The molecule has 5 nitrogen and oxygen atoms in total. The Morgan fingerprint density at radius 1 is 1.00 bits per heavy atom. The number of tetrazole rings is 1. The van der Waals surface area contributed by atoms with Gasteiger partial charge in [0.1, 0.15) is 0 Å². The first-order valence-electron chi connectivity index (χ1n) is 6.64. The lowest BCUT2D eigenvalue weighted by molar-refractivity contribution is 0.817. The van der Waals surface area contributed by atoms with Crippen LogP contribution in [-0.4, -0.2) is 25.6 Å². The van der Waals surface area contributed by atoms with Crippen LogP contribution in [-0.2, 0) is 12.8 Å². The molecule has 0 saturated carbocycles. The number of aromatic nitrogens is 5. The van der Waals surface area contributed by atoms with Crippen molar-refractivity contribution < 1.29 is 0 Å². The first-order chi connectivity index (χ1) is 9.93. The Kier molecular flexibility index (Phi) is 3.78. The molecular formula is C15H15N5. The molecule has 0 atom stereocenters. The van der Waals surface area contributed by atoms with E-state index in [0.717, 1.165) is 24.8 Å². The van der Waals surface area contributed by atoms with E-state index in [1.165, 1.54) is 11.1 Å². The maximum atomic E-state index is 4.14. The largest absolute Gasteiger partial charge is 0.264 e. The minimum absolute atomic E-state index is 0.655. The second-order valence-corrected chi connectivity index (χ2v) is 4.61. The van der Waals surface area contributed by atoms with Crippen LogP contribution >= 0.6 is 0 Å². The van der Waals surface area contributed by atoms with Crippen LogP contribution in [0.15, 0.2) is 48.8 Å². The molecule has 0 saturated heterocycles. The van der Waals surface area contributed by atoms with Gasteiger partial charge in [0.05, 0.1) is 0 Å². The van der Waals surface area contributed by atoms with Gasteiger partial charge in [0.25, 0.3) is 0 Å². The summed E-state index contributed by atoms with van der Waals surface area (Å²) in [5, 5.41) is 14.2. The van der Waals surface area contributed by atoms with Gasteiger partial charge in [-0.25, -0.2) is 0 Å². The summed E-state index contributed by atoms with van der Waals surface area (Å²) in [6.45, 7) is 0. The molecule has 1 aromatic carbocycles. The number of hydrogen-bond donors (Lipinski definition) is 1. The van der Waals surface area contributed by atoms with E-state index in [1.807, 2.05) is 30.5 Å². The number of pyridine rings is 1. The molecule has 0 radical (unpaired) electrons. The number of hydrogen-bond acceptors (Lipinski definition) is 4. The smallest absolute Gasteiger partial charge is 0.204 e. The number of aryl methyl sites for hydroxylation is 2. The summed E-state index contributed by atoms with van der Waals surface area (Å²) in [5.74, 6) is 0.655. The molecular weight excluding hydrogens is 250 g/mol. The minimum atomic E-state index is 0.655. The Bertz CT molecular complexity index is 649. The van der Waals surface area contributed by atoms with Crippen LogP contribution < -0.4 is 0 Å². The summed E-state index contributed by atoms with van der Waals surface area (Å²) >= 11 is 0. The van der Waals surface area contributed by atoms with E-state index in [-0.39, 0.29) is 0 Å². The van der Waals surface area contributed by atoms with Gasteiger partial charge in [0, 0.05) is 18.0 Å². The molecule has 20 heavy (non-hydrogen) atoms. The highest BCUT2D eigenvalue weighted by Crippen LogP contribution is 2.20. The van der Waals surface area contributed by atoms with Gasteiger partial charge < -0.3 is 0 Å². The fraction of sp³-hybridized carbons (Fsp3) is 0.200. The van der Waals surface area contributed by atoms with Crippen LogP contribution in [0.3, 0.4) is 0 Å². The summed E-state index contributed by atoms with van der Waals surface area (Å²) in [7, 11) is 0. The molecule has 0 amide bonds. The molecule has 1 N–H and O–H groups in total. The lowest BCUT2D eigenvalue weighted by Crippen LogP contribution is -1.94. The molecule has 100 valence electrons. The molecule has 0 aliphatic carbocycles. The van der Waals surface area contributed by atoms with Gasteiger partial charge in [0.2, 0.25) is 5.82 Å². The predicted molar refractivity (Wildman–Crippen MR) is 75.9 cm³/mol. The summed E-state index contributed by atoms with van der Waals surface area (Å²) < 4.78 is 0. The van der Waals surface area contributed by atoms with E-state index in [9.17, 15) is 0 Å². The first-order valence-corrected chi connectivity index (χ1v) is 6.64. The lowest BCUT2D eigenvalue weighted by Gasteiger charge is -2.06. The van der Waals surface area contributed by atoms with E-state index >= 15 is 0 Å². The highest BCUT2D eigenvalue weighted by Gasteiger charge is 2.08. The van der Waals surface area contributed by atoms with Crippen molar-refractivity contribution in [2.75, 3.05) is 0 Å².